The molecule has 1 aliphatic rings. The second-order valence-corrected chi connectivity index (χ2v) is 6.94. The summed E-state index contributed by atoms with van der Waals surface area (Å²) in [6.45, 7) is 0.206. The number of fused-ring (bicyclic) bond motifs is 1. The van der Waals surface area contributed by atoms with Gasteiger partial charge in [-0.05, 0) is 29.8 Å². The summed E-state index contributed by atoms with van der Waals surface area (Å²) in [6, 6.07) is 12.6. The molecule has 154 valence electrons. The van der Waals surface area contributed by atoms with Crippen molar-refractivity contribution in [2.75, 3.05) is 20.8 Å². The van der Waals surface area contributed by atoms with Gasteiger partial charge in [-0.1, -0.05) is 18.2 Å². The predicted octanol–water partition coefficient (Wildman–Crippen LogP) is 3.12. The van der Waals surface area contributed by atoms with Gasteiger partial charge in [-0.15, -0.1) is 0 Å². The number of carbonyl (C=O) groups excluding carboxylic acids is 1. The minimum atomic E-state index is -0.500. The Hall–Kier alpha value is -3.74. The van der Waals surface area contributed by atoms with Crippen LogP contribution in [0.1, 0.15) is 23.0 Å². The van der Waals surface area contributed by atoms with Gasteiger partial charge in [0.1, 0.15) is 35.7 Å². The molecule has 2 aromatic carbocycles. The van der Waals surface area contributed by atoms with Crippen molar-refractivity contribution in [1.29, 1.82) is 0 Å². The summed E-state index contributed by atoms with van der Waals surface area (Å²) < 4.78 is 18.4. The van der Waals surface area contributed by atoms with E-state index in [1.54, 1.807) is 26.5 Å². The summed E-state index contributed by atoms with van der Waals surface area (Å²) in [7, 11) is 5.07. The standard InChI is InChI=1S/C23H23N3O4/c1-26-9-8-24-22(26)21(16-11-18(28-2)13-19(12-16)29-3)25-23(27)17-10-15-6-4-5-7-20(15)30-14-17/h4-13,21H,14H2,1-3H3,(H,25,27). The number of carbonyl (C=O) groups is 1. The molecule has 4 rings (SSSR count). The van der Waals surface area contributed by atoms with E-state index < -0.39 is 6.04 Å². The molecule has 0 saturated carbocycles. The van der Waals surface area contributed by atoms with Crippen LogP contribution in [0.3, 0.4) is 0 Å². The van der Waals surface area contributed by atoms with Crippen LogP contribution in [0.4, 0.5) is 0 Å². The van der Waals surface area contributed by atoms with Gasteiger partial charge >= 0.3 is 0 Å². The lowest BCUT2D eigenvalue weighted by atomic mass is 10.0. The normalized spacial score (nSPS) is 13.5. The van der Waals surface area contributed by atoms with Crippen LogP contribution in [0, 0.1) is 0 Å². The summed E-state index contributed by atoms with van der Waals surface area (Å²) >= 11 is 0. The van der Waals surface area contributed by atoms with Crippen LogP contribution >= 0.6 is 0 Å². The summed E-state index contributed by atoms with van der Waals surface area (Å²) in [6.07, 6.45) is 5.39. The van der Waals surface area contributed by atoms with E-state index in [9.17, 15) is 4.79 Å². The molecule has 7 nitrogen and oxygen atoms in total. The Balaban J connectivity index is 1.69. The number of amides is 1. The topological polar surface area (TPSA) is 74.6 Å². The number of benzene rings is 2. The lowest BCUT2D eigenvalue weighted by Gasteiger charge is -2.23. The fraction of sp³-hybridized carbons (Fsp3) is 0.217. The highest BCUT2D eigenvalue weighted by atomic mass is 16.5. The van der Waals surface area contributed by atoms with Gasteiger partial charge in [-0.2, -0.15) is 0 Å². The number of rotatable bonds is 6. The minimum Gasteiger partial charge on any atom is -0.497 e. The van der Waals surface area contributed by atoms with E-state index in [4.69, 9.17) is 14.2 Å². The highest BCUT2D eigenvalue weighted by Crippen LogP contribution is 2.31. The third-order valence-corrected chi connectivity index (χ3v) is 5.02. The molecule has 0 aliphatic carbocycles. The molecule has 0 bridgehead atoms. The molecule has 1 amide bonds. The Morgan fingerprint density at radius 3 is 2.57 bits per heavy atom. The fourth-order valence-electron chi connectivity index (χ4n) is 3.42. The smallest absolute Gasteiger partial charge is 0.251 e. The van der Waals surface area contributed by atoms with E-state index in [1.807, 2.05) is 60.3 Å². The molecule has 1 aliphatic heterocycles. The summed E-state index contributed by atoms with van der Waals surface area (Å²) in [5, 5.41) is 3.10. The maximum Gasteiger partial charge on any atom is 0.251 e. The van der Waals surface area contributed by atoms with Crippen molar-refractivity contribution < 1.29 is 19.0 Å². The van der Waals surface area contributed by atoms with Gasteiger partial charge in [0.25, 0.3) is 5.91 Å². The van der Waals surface area contributed by atoms with E-state index in [-0.39, 0.29) is 12.5 Å². The van der Waals surface area contributed by atoms with E-state index in [1.165, 1.54) is 0 Å². The Kier molecular flexibility index (Phi) is 5.43. The molecule has 30 heavy (non-hydrogen) atoms. The van der Waals surface area contributed by atoms with Gasteiger partial charge < -0.3 is 24.1 Å². The molecule has 0 fully saturated rings. The lowest BCUT2D eigenvalue weighted by Crippen LogP contribution is -2.34. The molecule has 1 unspecified atom stereocenters. The zero-order valence-corrected chi connectivity index (χ0v) is 17.1. The molecular weight excluding hydrogens is 382 g/mol. The lowest BCUT2D eigenvalue weighted by molar-refractivity contribution is -0.118. The Bertz CT molecular complexity index is 1080. The molecule has 3 aromatic rings. The van der Waals surface area contributed by atoms with Crippen molar-refractivity contribution in [2.24, 2.45) is 7.05 Å². The molecule has 0 radical (unpaired) electrons. The van der Waals surface area contributed by atoms with Crippen LogP contribution < -0.4 is 19.5 Å². The maximum absolute atomic E-state index is 13.1. The summed E-state index contributed by atoms with van der Waals surface area (Å²) in [4.78, 5) is 17.6. The first-order chi connectivity index (χ1) is 14.6. The van der Waals surface area contributed by atoms with E-state index in [0.717, 1.165) is 16.9 Å². The van der Waals surface area contributed by atoms with Crippen molar-refractivity contribution in [3.63, 3.8) is 0 Å². The minimum absolute atomic E-state index is 0.206. The number of hydrogen-bond acceptors (Lipinski definition) is 5. The van der Waals surface area contributed by atoms with Gasteiger partial charge in [-0.25, -0.2) is 4.98 Å². The van der Waals surface area contributed by atoms with Crippen LogP contribution in [0.25, 0.3) is 6.08 Å². The highest BCUT2D eigenvalue weighted by Gasteiger charge is 2.25. The number of aryl methyl sites for hydroxylation is 1. The van der Waals surface area contributed by atoms with E-state index >= 15 is 0 Å². The largest absolute Gasteiger partial charge is 0.497 e. The molecule has 2 heterocycles. The average molecular weight is 405 g/mol. The van der Waals surface area contributed by atoms with Crippen LogP contribution in [0.15, 0.2) is 60.4 Å². The number of imidazole rings is 1. The monoisotopic (exact) mass is 405 g/mol. The van der Waals surface area contributed by atoms with Crippen molar-refractivity contribution >= 4 is 12.0 Å². The SMILES string of the molecule is COc1cc(OC)cc(C(NC(=O)C2=Cc3ccccc3OC2)c2nccn2C)c1. The number of methoxy groups -OCH3 is 2. The first kappa shape index (κ1) is 19.6. The number of nitrogens with zero attached hydrogens (tertiary/aromatic N) is 2. The quantitative estimate of drug-likeness (QED) is 0.682. The number of nitrogens with one attached hydrogen (secondary N) is 1. The van der Waals surface area contributed by atoms with Gasteiger partial charge in [0, 0.05) is 31.1 Å². The number of para-hydroxylation sites is 1. The van der Waals surface area contributed by atoms with Gasteiger partial charge in [0.05, 0.1) is 19.8 Å². The second-order valence-electron chi connectivity index (χ2n) is 6.94. The zero-order chi connectivity index (χ0) is 21.1. The van der Waals surface area contributed by atoms with Crippen molar-refractivity contribution in [3.05, 3.63) is 77.4 Å². The third-order valence-electron chi connectivity index (χ3n) is 5.02. The number of ether oxygens (including phenoxy) is 3. The Morgan fingerprint density at radius 1 is 1.17 bits per heavy atom. The Morgan fingerprint density at radius 2 is 1.90 bits per heavy atom. The Labute approximate surface area is 174 Å². The fourth-order valence-corrected chi connectivity index (χ4v) is 3.42. The van der Waals surface area contributed by atoms with Crippen molar-refractivity contribution in [1.82, 2.24) is 14.9 Å². The molecule has 0 spiro atoms. The molecular formula is C23H23N3O4. The molecule has 1 atom stereocenters. The second kappa shape index (κ2) is 8.32. The first-order valence-electron chi connectivity index (χ1n) is 9.52. The molecule has 1 N–H and O–H groups in total. The van der Waals surface area contributed by atoms with Crippen molar-refractivity contribution in [3.8, 4) is 17.2 Å². The molecule has 1 aromatic heterocycles. The summed E-state index contributed by atoms with van der Waals surface area (Å²) in [5.41, 5.74) is 2.22. The number of aromatic nitrogens is 2. The zero-order valence-electron chi connectivity index (χ0n) is 17.1. The van der Waals surface area contributed by atoms with Crippen molar-refractivity contribution in [2.45, 2.75) is 6.04 Å². The highest BCUT2D eigenvalue weighted by molar-refractivity contribution is 5.99. The first-order valence-corrected chi connectivity index (χ1v) is 9.52. The van der Waals surface area contributed by atoms with E-state index in [0.29, 0.717) is 22.9 Å². The maximum atomic E-state index is 13.1. The van der Waals surface area contributed by atoms with Gasteiger partial charge in [-0.3, -0.25) is 4.79 Å². The predicted molar refractivity (Wildman–Crippen MR) is 113 cm³/mol. The van der Waals surface area contributed by atoms with Crippen LogP contribution in [0.5, 0.6) is 17.2 Å². The van der Waals surface area contributed by atoms with Gasteiger partial charge in [0.15, 0.2) is 0 Å². The number of hydrogen-bond donors (Lipinski definition) is 1. The van der Waals surface area contributed by atoms with E-state index in [2.05, 4.69) is 10.3 Å². The van der Waals surface area contributed by atoms with Crippen LogP contribution in [-0.4, -0.2) is 36.3 Å². The molecule has 7 heteroatoms. The van der Waals surface area contributed by atoms with Crippen LogP contribution in [-0.2, 0) is 11.8 Å². The average Bonchev–Trinajstić information content (AvgIpc) is 3.21. The third kappa shape index (κ3) is 3.87. The summed E-state index contributed by atoms with van der Waals surface area (Å²) in [5.74, 6) is 2.50. The van der Waals surface area contributed by atoms with Crippen LogP contribution in [0.2, 0.25) is 0 Å². The van der Waals surface area contributed by atoms with Gasteiger partial charge in [0.2, 0.25) is 0 Å². The molecule has 0 saturated heterocycles.